The van der Waals surface area contributed by atoms with E-state index in [1.807, 2.05) is 19.9 Å². The summed E-state index contributed by atoms with van der Waals surface area (Å²) in [5.74, 6) is -0.802. The van der Waals surface area contributed by atoms with Crippen molar-refractivity contribution in [1.82, 2.24) is 10.2 Å². The van der Waals surface area contributed by atoms with Gasteiger partial charge in [0.05, 0.1) is 20.6 Å². The number of rotatable bonds is 10. The van der Waals surface area contributed by atoms with Gasteiger partial charge in [-0.2, -0.15) is 0 Å². The first-order chi connectivity index (χ1) is 20.0. The topological polar surface area (TPSA) is 86.8 Å². The molecule has 4 rings (SSSR count). The molecule has 0 spiro atoms. The molecule has 1 fully saturated rings. The van der Waals surface area contributed by atoms with E-state index in [0.717, 1.165) is 47.5 Å². The van der Waals surface area contributed by atoms with Crippen LogP contribution in [0, 0.1) is 13.8 Å². The first-order valence-corrected chi connectivity index (χ1v) is 16.4. The number of sulfonamides is 1. The summed E-state index contributed by atoms with van der Waals surface area (Å²) in [6.07, 6.45) is 5.04. The van der Waals surface area contributed by atoms with Crippen LogP contribution >= 0.6 is 23.2 Å². The molecular formula is C32H37Cl2N3O4S. The molecular weight excluding hydrogens is 593 g/mol. The predicted octanol–water partition coefficient (Wildman–Crippen LogP) is 6.67. The Morgan fingerprint density at radius 3 is 2.24 bits per heavy atom. The minimum atomic E-state index is -4.12. The lowest BCUT2D eigenvalue weighted by molar-refractivity contribution is -0.139. The average molecular weight is 631 g/mol. The second-order valence-electron chi connectivity index (χ2n) is 10.9. The second-order valence-corrected chi connectivity index (χ2v) is 13.6. The van der Waals surface area contributed by atoms with E-state index in [9.17, 15) is 18.0 Å². The van der Waals surface area contributed by atoms with Crippen molar-refractivity contribution in [3.05, 3.63) is 93.5 Å². The summed E-state index contributed by atoms with van der Waals surface area (Å²) in [4.78, 5) is 29.0. The van der Waals surface area contributed by atoms with Crippen LogP contribution in [-0.2, 0) is 26.2 Å². The lowest BCUT2D eigenvalue weighted by atomic mass is 9.95. The lowest BCUT2D eigenvalue weighted by Gasteiger charge is -2.33. The highest BCUT2D eigenvalue weighted by Crippen LogP contribution is 2.28. The molecule has 0 radical (unpaired) electrons. The van der Waals surface area contributed by atoms with Gasteiger partial charge in [0.15, 0.2) is 0 Å². The van der Waals surface area contributed by atoms with E-state index in [4.69, 9.17) is 23.2 Å². The van der Waals surface area contributed by atoms with Gasteiger partial charge in [0.2, 0.25) is 11.8 Å². The fraction of sp³-hybridized carbons (Fsp3) is 0.375. The van der Waals surface area contributed by atoms with E-state index in [0.29, 0.717) is 21.3 Å². The van der Waals surface area contributed by atoms with Crippen LogP contribution in [0.5, 0.6) is 0 Å². The molecule has 1 aliphatic rings. The third kappa shape index (κ3) is 7.65. The highest BCUT2D eigenvalue weighted by atomic mass is 35.5. The van der Waals surface area contributed by atoms with E-state index in [1.54, 1.807) is 55.5 Å². The van der Waals surface area contributed by atoms with Gasteiger partial charge >= 0.3 is 0 Å². The number of halogens is 2. The van der Waals surface area contributed by atoms with E-state index < -0.39 is 28.5 Å². The Labute approximate surface area is 258 Å². The summed E-state index contributed by atoms with van der Waals surface area (Å²) in [6, 6.07) is 17.5. The van der Waals surface area contributed by atoms with Gasteiger partial charge in [-0.05, 0) is 86.7 Å². The molecule has 3 aromatic rings. The van der Waals surface area contributed by atoms with E-state index in [-0.39, 0.29) is 23.4 Å². The molecule has 1 saturated carbocycles. The van der Waals surface area contributed by atoms with Gasteiger partial charge in [-0.25, -0.2) is 8.42 Å². The van der Waals surface area contributed by atoms with Crippen molar-refractivity contribution < 1.29 is 18.0 Å². The SMILES string of the molecule is Cc1ccc(N(CC(=O)N(Cc2ccc(Cl)c(Cl)c2)[C@@H](C)C(=O)NC2CCCCC2)S(=O)(=O)c2ccccc2)cc1C. The molecule has 7 nitrogen and oxygen atoms in total. The maximum Gasteiger partial charge on any atom is 0.264 e. The summed E-state index contributed by atoms with van der Waals surface area (Å²) in [7, 11) is -4.12. The number of benzene rings is 3. The van der Waals surface area contributed by atoms with Gasteiger partial charge in [-0.15, -0.1) is 0 Å². The van der Waals surface area contributed by atoms with E-state index in [1.165, 1.54) is 17.0 Å². The first kappa shape index (κ1) is 31.9. The second kappa shape index (κ2) is 13.9. The van der Waals surface area contributed by atoms with Crippen LogP contribution < -0.4 is 9.62 Å². The monoisotopic (exact) mass is 629 g/mol. The van der Waals surface area contributed by atoms with Gasteiger partial charge in [-0.1, -0.05) is 72.8 Å². The number of aryl methyl sites for hydroxylation is 2. The zero-order valence-corrected chi connectivity index (χ0v) is 26.5. The van der Waals surface area contributed by atoms with Gasteiger partial charge in [0.25, 0.3) is 10.0 Å². The molecule has 0 aliphatic heterocycles. The Bertz CT molecular complexity index is 1530. The van der Waals surface area contributed by atoms with Gasteiger partial charge in [0.1, 0.15) is 12.6 Å². The molecule has 0 bridgehead atoms. The maximum atomic E-state index is 14.1. The fourth-order valence-electron chi connectivity index (χ4n) is 5.12. The van der Waals surface area contributed by atoms with Gasteiger partial charge < -0.3 is 10.2 Å². The van der Waals surface area contributed by atoms with Crippen LogP contribution in [0.2, 0.25) is 10.0 Å². The smallest absolute Gasteiger partial charge is 0.264 e. The third-order valence-corrected chi connectivity index (χ3v) is 10.4. The Kier molecular flexibility index (Phi) is 10.6. The molecule has 1 N–H and O–H groups in total. The Balaban J connectivity index is 1.70. The Morgan fingerprint density at radius 1 is 0.905 bits per heavy atom. The summed E-state index contributed by atoms with van der Waals surface area (Å²) in [5, 5.41) is 3.80. The largest absolute Gasteiger partial charge is 0.352 e. The van der Waals surface area contributed by atoms with Crippen molar-refractivity contribution in [3.8, 4) is 0 Å². The number of anilines is 1. The number of hydrogen-bond acceptors (Lipinski definition) is 4. The normalized spacial score (nSPS) is 14.7. The minimum Gasteiger partial charge on any atom is -0.352 e. The fourth-order valence-corrected chi connectivity index (χ4v) is 6.86. The van der Waals surface area contributed by atoms with Gasteiger partial charge in [-0.3, -0.25) is 13.9 Å². The number of carbonyl (C=O) groups excluding carboxylic acids is 2. The molecule has 1 atom stereocenters. The van der Waals surface area contributed by atoms with Crippen LogP contribution in [0.1, 0.15) is 55.7 Å². The Hall–Kier alpha value is -3.07. The van der Waals surface area contributed by atoms with E-state index in [2.05, 4.69) is 5.32 Å². The minimum absolute atomic E-state index is 0.0428. The van der Waals surface area contributed by atoms with E-state index >= 15 is 0 Å². The molecule has 0 aromatic heterocycles. The molecule has 0 saturated heterocycles. The van der Waals surface area contributed by atoms with Crippen molar-refractivity contribution in [1.29, 1.82) is 0 Å². The molecule has 10 heteroatoms. The molecule has 1 aliphatic carbocycles. The van der Waals surface area contributed by atoms with Crippen LogP contribution in [0.15, 0.2) is 71.6 Å². The summed E-state index contributed by atoms with van der Waals surface area (Å²) >= 11 is 12.4. The standard InChI is InChI=1S/C32H37Cl2N3O4S/c1-22-14-16-27(18-23(22)2)37(42(40,41)28-12-8-5-9-13-28)21-31(38)36(20-25-15-17-29(33)30(34)19-25)24(3)32(39)35-26-10-6-4-7-11-26/h5,8-9,12-19,24,26H,4,6-7,10-11,20-21H2,1-3H3,(H,35,39)/t24-/m0/s1. The highest BCUT2D eigenvalue weighted by Gasteiger charge is 2.33. The molecule has 42 heavy (non-hydrogen) atoms. The molecule has 224 valence electrons. The number of nitrogens with zero attached hydrogens (tertiary/aromatic N) is 2. The molecule has 3 aromatic carbocycles. The maximum absolute atomic E-state index is 14.1. The Morgan fingerprint density at radius 2 is 1.60 bits per heavy atom. The summed E-state index contributed by atoms with van der Waals surface area (Å²) in [6.45, 7) is 5.04. The number of amides is 2. The molecule has 2 amide bonds. The quantitative estimate of drug-likeness (QED) is 0.271. The van der Waals surface area contributed by atoms with Crippen LogP contribution in [-0.4, -0.2) is 43.8 Å². The van der Waals surface area contributed by atoms with Crippen LogP contribution in [0.3, 0.4) is 0 Å². The first-order valence-electron chi connectivity index (χ1n) is 14.2. The number of nitrogens with one attached hydrogen (secondary N) is 1. The average Bonchev–Trinajstić information content (AvgIpc) is 2.98. The lowest BCUT2D eigenvalue weighted by Crippen LogP contribution is -2.53. The molecule has 0 heterocycles. The third-order valence-electron chi connectivity index (χ3n) is 7.84. The van der Waals surface area contributed by atoms with Crippen molar-refractivity contribution in [2.75, 3.05) is 10.8 Å². The van der Waals surface area contributed by atoms with Crippen molar-refractivity contribution in [2.24, 2.45) is 0 Å². The summed E-state index contributed by atoms with van der Waals surface area (Å²) < 4.78 is 29.0. The molecule has 0 unspecified atom stereocenters. The zero-order chi connectivity index (χ0) is 30.4. The summed E-state index contributed by atoms with van der Waals surface area (Å²) in [5.41, 5.74) is 2.92. The van der Waals surface area contributed by atoms with Crippen molar-refractivity contribution in [2.45, 2.75) is 76.4 Å². The number of carbonyl (C=O) groups is 2. The predicted molar refractivity (Wildman–Crippen MR) is 168 cm³/mol. The van der Waals surface area contributed by atoms with Crippen molar-refractivity contribution >= 4 is 50.7 Å². The van der Waals surface area contributed by atoms with Gasteiger partial charge in [0, 0.05) is 12.6 Å². The zero-order valence-electron chi connectivity index (χ0n) is 24.1. The highest BCUT2D eigenvalue weighted by molar-refractivity contribution is 7.92. The van der Waals surface area contributed by atoms with Crippen LogP contribution in [0.4, 0.5) is 5.69 Å². The van der Waals surface area contributed by atoms with Crippen LogP contribution in [0.25, 0.3) is 0 Å². The van der Waals surface area contributed by atoms with Crippen molar-refractivity contribution in [3.63, 3.8) is 0 Å². The number of hydrogen-bond donors (Lipinski definition) is 1.